The Kier molecular flexibility index (Phi) is 6.47. The minimum Gasteiger partial charge on any atom is -0.144 e. The van der Waals surface area contributed by atoms with Gasteiger partial charge in [0.15, 0.2) is 0 Å². The standard InChI is InChI=1S/C26H26S2/c1-2-3-4-5-6-7-8-20-9-11-21(12-10-20)13-14-24-17-23-19-25-22(15-16-27-25)18-26(23)28-24/h9-12,15-19H,2-8H2,1H3. The van der Waals surface area contributed by atoms with E-state index in [1.54, 1.807) is 22.7 Å². The van der Waals surface area contributed by atoms with Gasteiger partial charge in [0.1, 0.15) is 0 Å². The van der Waals surface area contributed by atoms with Crippen LogP contribution in [0.5, 0.6) is 0 Å². The topological polar surface area (TPSA) is 0 Å². The van der Waals surface area contributed by atoms with Gasteiger partial charge in [-0.2, -0.15) is 0 Å². The first-order valence-corrected chi connectivity index (χ1v) is 12.0. The van der Waals surface area contributed by atoms with Gasteiger partial charge in [-0.15, -0.1) is 22.7 Å². The largest absolute Gasteiger partial charge is 0.144 e. The fourth-order valence-electron chi connectivity index (χ4n) is 3.55. The summed E-state index contributed by atoms with van der Waals surface area (Å²) in [4.78, 5) is 1.14. The summed E-state index contributed by atoms with van der Waals surface area (Å²) in [6.45, 7) is 2.27. The smallest absolute Gasteiger partial charge is 0.0784 e. The molecule has 0 aliphatic rings. The third-order valence-corrected chi connectivity index (χ3v) is 7.09. The molecule has 0 atom stereocenters. The molecule has 2 heteroatoms. The molecule has 2 aromatic carbocycles. The lowest BCUT2D eigenvalue weighted by Gasteiger charge is -2.02. The van der Waals surface area contributed by atoms with Gasteiger partial charge < -0.3 is 0 Å². The van der Waals surface area contributed by atoms with Crippen LogP contribution >= 0.6 is 22.7 Å². The average Bonchev–Trinajstić information content (AvgIpc) is 3.33. The molecule has 0 N–H and O–H groups in total. The van der Waals surface area contributed by atoms with Gasteiger partial charge in [-0.1, -0.05) is 63.0 Å². The number of hydrogen-bond acceptors (Lipinski definition) is 2. The van der Waals surface area contributed by atoms with Crippen LogP contribution in [0.4, 0.5) is 0 Å². The number of hydrogen-bond donors (Lipinski definition) is 0. The number of fused-ring (bicyclic) bond motifs is 2. The lowest BCUT2D eigenvalue weighted by Crippen LogP contribution is -1.86. The Labute approximate surface area is 176 Å². The van der Waals surface area contributed by atoms with Gasteiger partial charge in [0.2, 0.25) is 0 Å². The van der Waals surface area contributed by atoms with Crippen molar-refractivity contribution in [3.63, 3.8) is 0 Å². The minimum absolute atomic E-state index is 1.10. The van der Waals surface area contributed by atoms with Crippen molar-refractivity contribution < 1.29 is 0 Å². The maximum atomic E-state index is 3.36. The molecule has 0 radical (unpaired) electrons. The Morgan fingerprint density at radius 2 is 1.54 bits per heavy atom. The fraction of sp³-hybridized carbons (Fsp3) is 0.308. The highest BCUT2D eigenvalue weighted by Crippen LogP contribution is 2.32. The molecule has 4 aromatic rings. The SMILES string of the molecule is CCCCCCCCc1ccc(C#Cc2cc3cc4sccc4cc3s2)cc1. The Bertz CT molecular complexity index is 1050. The molecule has 28 heavy (non-hydrogen) atoms. The molecule has 0 fully saturated rings. The van der Waals surface area contributed by atoms with Gasteiger partial charge in [0.25, 0.3) is 0 Å². The summed E-state index contributed by atoms with van der Waals surface area (Å²) < 4.78 is 2.68. The van der Waals surface area contributed by atoms with Crippen molar-refractivity contribution in [3.05, 3.63) is 69.9 Å². The molecule has 0 nitrogen and oxygen atoms in total. The molecule has 0 saturated carbocycles. The Balaban J connectivity index is 1.37. The first-order valence-electron chi connectivity index (χ1n) is 10.3. The number of unbranched alkanes of at least 4 members (excludes halogenated alkanes) is 5. The van der Waals surface area contributed by atoms with Crippen molar-refractivity contribution in [2.45, 2.75) is 51.9 Å². The number of benzene rings is 2. The van der Waals surface area contributed by atoms with Crippen molar-refractivity contribution in [1.82, 2.24) is 0 Å². The maximum Gasteiger partial charge on any atom is 0.0784 e. The molecule has 0 saturated heterocycles. The molecular formula is C26H26S2. The first-order chi connectivity index (χ1) is 13.8. The summed E-state index contributed by atoms with van der Waals surface area (Å²) in [7, 11) is 0. The van der Waals surface area contributed by atoms with Crippen LogP contribution in [-0.2, 0) is 6.42 Å². The van der Waals surface area contributed by atoms with E-state index in [1.165, 1.54) is 70.7 Å². The lowest BCUT2D eigenvalue weighted by atomic mass is 10.0. The Morgan fingerprint density at radius 3 is 2.39 bits per heavy atom. The first kappa shape index (κ1) is 19.2. The highest BCUT2D eigenvalue weighted by Gasteiger charge is 2.03. The maximum absolute atomic E-state index is 3.36. The monoisotopic (exact) mass is 402 g/mol. The van der Waals surface area contributed by atoms with E-state index in [9.17, 15) is 0 Å². The molecule has 0 unspecified atom stereocenters. The van der Waals surface area contributed by atoms with Crippen LogP contribution in [0.1, 0.15) is 61.5 Å². The summed E-state index contributed by atoms with van der Waals surface area (Å²) in [5.74, 6) is 6.70. The third-order valence-electron chi connectivity index (χ3n) is 5.19. The van der Waals surface area contributed by atoms with Crippen molar-refractivity contribution in [3.8, 4) is 11.8 Å². The quantitative estimate of drug-likeness (QED) is 0.215. The molecule has 0 aliphatic carbocycles. The molecule has 4 rings (SSSR count). The van der Waals surface area contributed by atoms with E-state index in [4.69, 9.17) is 0 Å². The molecule has 0 spiro atoms. The average molecular weight is 403 g/mol. The third kappa shape index (κ3) is 4.85. The molecule has 0 bridgehead atoms. The van der Waals surface area contributed by atoms with Crippen molar-refractivity contribution >= 4 is 42.8 Å². The Morgan fingerprint density at radius 1 is 0.750 bits per heavy atom. The molecule has 0 amide bonds. The molecule has 2 heterocycles. The van der Waals surface area contributed by atoms with Crippen LogP contribution in [0.2, 0.25) is 0 Å². The minimum atomic E-state index is 1.10. The number of rotatable bonds is 7. The lowest BCUT2D eigenvalue weighted by molar-refractivity contribution is 0.607. The van der Waals surface area contributed by atoms with Gasteiger partial charge in [-0.05, 0) is 71.0 Å². The molecule has 142 valence electrons. The highest BCUT2D eigenvalue weighted by molar-refractivity contribution is 7.20. The molecule has 0 aliphatic heterocycles. The van der Waals surface area contributed by atoms with Crippen molar-refractivity contribution in [2.24, 2.45) is 0 Å². The summed E-state index contributed by atoms with van der Waals surface area (Å²) in [5, 5.41) is 4.80. The van der Waals surface area contributed by atoms with E-state index in [2.05, 4.69) is 72.7 Å². The van der Waals surface area contributed by atoms with Crippen LogP contribution in [-0.4, -0.2) is 0 Å². The van der Waals surface area contributed by atoms with Crippen molar-refractivity contribution in [2.75, 3.05) is 0 Å². The van der Waals surface area contributed by atoms with Crippen LogP contribution in [0.15, 0.2) is 53.9 Å². The second kappa shape index (κ2) is 9.41. The fourth-order valence-corrected chi connectivity index (χ4v) is 5.32. The van der Waals surface area contributed by atoms with Crippen LogP contribution in [0, 0.1) is 11.8 Å². The van der Waals surface area contributed by atoms with E-state index in [-0.39, 0.29) is 0 Å². The molecule has 2 aromatic heterocycles. The predicted molar refractivity (Wildman–Crippen MR) is 127 cm³/mol. The summed E-state index contributed by atoms with van der Waals surface area (Å²) in [6.07, 6.45) is 9.31. The second-order valence-corrected chi connectivity index (χ2v) is 9.46. The van der Waals surface area contributed by atoms with Gasteiger partial charge >= 0.3 is 0 Å². The van der Waals surface area contributed by atoms with E-state index in [0.717, 1.165) is 10.4 Å². The van der Waals surface area contributed by atoms with Crippen LogP contribution < -0.4 is 0 Å². The normalized spacial score (nSPS) is 11.0. The zero-order valence-corrected chi connectivity index (χ0v) is 18.1. The Hall–Kier alpha value is -2.08. The number of aryl methyl sites for hydroxylation is 1. The summed E-state index contributed by atoms with van der Waals surface area (Å²) >= 11 is 3.59. The van der Waals surface area contributed by atoms with Gasteiger partial charge in [0.05, 0.1) is 4.88 Å². The van der Waals surface area contributed by atoms with Gasteiger partial charge in [0, 0.05) is 15.0 Å². The van der Waals surface area contributed by atoms with Gasteiger partial charge in [-0.3, -0.25) is 0 Å². The van der Waals surface area contributed by atoms with Gasteiger partial charge in [-0.25, -0.2) is 0 Å². The summed E-state index contributed by atoms with van der Waals surface area (Å²) in [5.41, 5.74) is 2.54. The molecular weight excluding hydrogens is 376 g/mol. The van der Waals surface area contributed by atoms with Crippen LogP contribution in [0.3, 0.4) is 0 Å². The van der Waals surface area contributed by atoms with E-state index in [0.29, 0.717) is 0 Å². The highest BCUT2D eigenvalue weighted by atomic mass is 32.1. The summed E-state index contributed by atoms with van der Waals surface area (Å²) in [6, 6.07) is 17.8. The van der Waals surface area contributed by atoms with E-state index < -0.39 is 0 Å². The zero-order valence-electron chi connectivity index (χ0n) is 16.5. The van der Waals surface area contributed by atoms with E-state index in [1.807, 2.05) is 0 Å². The second-order valence-electron chi connectivity index (χ2n) is 7.42. The zero-order chi connectivity index (χ0) is 19.2. The van der Waals surface area contributed by atoms with E-state index >= 15 is 0 Å². The number of thiophene rings is 2. The van der Waals surface area contributed by atoms with Crippen LogP contribution in [0.25, 0.3) is 20.2 Å². The van der Waals surface area contributed by atoms with Crippen molar-refractivity contribution in [1.29, 1.82) is 0 Å². The predicted octanol–water partition coefficient (Wildman–Crippen LogP) is 8.42.